The number of aromatic amines is 1. The molecule has 0 radical (unpaired) electrons. The van der Waals surface area contributed by atoms with Gasteiger partial charge in [0.05, 0.1) is 6.04 Å². The number of aromatic nitrogens is 4. The second kappa shape index (κ2) is 10.6. The number of imidazole rings is 1. The number of hydrogen-bond acceptors (Lipinski definition) is 4. The van der Waals surface area contributed by atoms with Crippen molar-refractivity contribution in [3.63, 3.8) is 0 Å². The Morgan fingerprint density at radius 1 is 1.12 bits per heavy atom. The molecule has 1 aromatic carbocycles. The van der Waals surface area contributed by atoms with E-state index in [2.05, 4.69) is 29.1 Å². The number of rotatable bonds is 10. The second-order valence-electron chi connectivity index (χ2n) is 9.17. The third kappa shape index (κ3) is 5.80. The maximum atomic E-state index is 12.7. The van der Waals surface area contributed by atoms with Gasteiger partial charge in [0, 0.05) is 25.9 Å². The molecule has 3 aromatic rings. The van der Waals surface area contributed by atoms with Crippen molar-refractivity contribution in [3.05, 3.63) is 62.1 Å². The van der Waals surface area contributed by atoms with Gasteiger partial charge >= 0.3 is 5.69 Å². The number of hydrogen-bond donors (Lipinski definition) is 2. The first-order valence-electron chi connectivity index (χ1n) is 11.8. The summed E-state index contributed by atoms with van der Waals surface area (Å²) in [6, 6.07) is 7.99. The summed E-state index contributed by atoms with van der Waals surface area (Å²) in [6.07, 6.45) is 2.36. The minimum Gasteiger partial charge on any atom is -0.350 e. The Kier molecular flexibility index (Phi) is 7.89. The van der Waals surface area contributed by atoms with Gasteiger partial charge in [-0.3, -0.25) is 19.1 Å². The second-order valence-corrected chi connectivity index (χ2v) is 9.17. The van der Waals surface area contributed by atoms with Gasteiger partial charge in [0.2, 0.25) is 5.91 Å². The van der Waals surface area contributed by atoms with E-state index in [1.165, 1.54) is 5.56 Å². The van der Waals surface area contributed by atoms with Crippen LogP contribution < -0.4 is 16.6 Å². The fraction of sp³-hybridized carbons (Fsp3) is 0.520. The van der Waals surface area contributed by atoms with Gasteiger partial charge in [0.15, 0.2) is 11.2 Å². The molecule has 0 saturated carbocycles. The highest BCUT2D eigenvalue weighted by atomic mass is 16.2. The Hall–Kier alpha value is -3.16. The maximum Gasteiger partial charge on any atom is 0.330 e. The van der Waals surface area contributed by atoms with Gasteiger partial charge < -0.3 is 9.88 Å². The van der Waals surface area contributed by atoms with Gasteiger partial charge in [-0.2, -0.15) is 0 Å². The van der Waals surface area contributed by atoms with E-state index in [1.54, 1.807) is 4.57 Å². The van der Waals surface area contributed by atoms with Crippen molar-refractivity contribution >= 4 is 17.1 Å². The molecule has 0 fully saturated rings. The number of benzene rings is 1. The summed E-state index contributed by atoms with van der Waals surface area (Å²) in [5.41, 5.74) is 2.16. The monoisotopic (exact) mass is 453 g/mol. The lowest BCUT2D eigenvalue weighted by Crippen LogP contribution is -2.31. The molecule has 0 bridgehead atoms. The van der Waals surface area contributed by atoms with E-state index in [4.69, 9.17) is 0 Å². The van der Waals surface area contributed by atoms with Crippen molar-refractivity contribution in [3.8, 4) is 0 Å². The van der Waals surface area contributed by atoms with E-state index in [0.29, 0.717) is 36.5 Å². The molecule has 1 atom stereocenters. The first kappa shape index (κ1) is 24.5. The van der Waals surface area contributed by atoms with Crippen LogP contribution in [0, 0.1) is 12.8 Å². The molecular formula is C25H35N5O3. The molecule has 2 aromatic heterocycles. The van der Waals surface area contributed by atoms with Gasteiger partial charge in [-0.25, -0.2) is 9.78 Å². The van der Waals surface area contributed by atoms with Crippen LogP contribution >= 0.6 is 0 Å². The summed E-state index contributed by atoms with van der Waals surface area (Å²) < 4.78 is 3.41. The number of carbonyl (C=O) groups excluding carboxylic acids is 1. The number of carbonyl (C=O) groups is 1. The lowest BCUT2D eigenvalue weighted by atomic mass is 10.1. The third-order valence-electron chi connectivity index (χ3n) is 5.78. The highest BCUT2D eigenvalue weighted by molar-refractivity contribution is 5.77. The Labute approximate surface area is 194 Å². The van der Waals surface area contributed by atoms with Crippen LogP contribution in [0.1, 0.15) is 70.0 Å². The molecule has 0 aliphatic rings. The summed E-state index contributed by atoms with van der Waals surface area (Å²) in [5.74, 6) is 0.841. The largest absolute Gasteiger partial charge is 0.350 e. The molecule has 3 rings (SSSR count). The minimum atomic E-state index is -0.439. The zero-order chi connectivity index (χ0) is 24.1. The SMILES string of the molecule is CCCCn1c(=O)[nH]c(=O)c2c1nc(CCC(=O)NC(C)c1ccc(C)cc1)n2CC(C)C. The van der Waals surface area contributed by atoms with Gasteiger partial charge in [0.25, 0.3) is 5.56 Å². The summed E-state index contributed by atoms with van der Waals surface area (Å²) in [4.78, 5) is 44.9. The highest BCUT2D eigenvalue weighted by Gasteiger charge is 2.20. The smallest absolute Gasteiger partial charge is 0.330 e. The Morgan fingerprint density at radius 2 is 1.82 bits per heavy atom. The Morgan fingerprint density at radius 3 is 2.45 bits per heavy atom. The summed E-state index contributed by atoms with van der Waals surface area (Å²) >= 11 is 0. The van der Waals surface area contributed by atoms with Gasteiger partial charge in [-0.15, -0.1) is 0 Å². The van der Waals surface area contributed by atoms with Crippen LogP contribution in [0.5, 0.6) is 0 Å². The molecule has 8 nitrogen and oxygen atoms in total. The van der Waals surface area contributed by atoms with Crippen molar-refractivity contribution < 1.29 is 4.79 Å². The highest BCUT2D eigenvalue weighted by Crippen LogP contribution is 2.17. The molecule has 33 heavy (non-hydrogen) atoms. The molecule has 2 heterocycles. The first-order chi connectivity index (χ1) is 15.7. The third-order valence-corrected chi connectivity index (χ3v) is 5.78. The van der Waals surface area contributed by atoms with E-state index in [0.717, 1.165) is 18.4 Å². The van der Waals surface area contributed by atoms with Crippen molar-refractivity contribution in [2.75, 3.05) is 0 Å². The zero-order valence-electron chi connectivity index (χ0n) is 20.3. The zero-order valence-corrected chi connectivity index (χ0v) is 20.3. The molecule has 0 saturated heterocycles. The first-order valence-corrected chi connectivity index (χ1v) is 11.8. The van der Waals surface area contributed by atoms with E-state index in [9.17, 15) is 14.4 Å². The Bertz CT molecular complexity index is 1220. The lowest BCUT2D eigenvalue weighted by Gasteiger charge is -2.15. The molecule has 8 heteroatoms. The summed E-state index contributed by atoms with van der Waals surface area (Å²) in [7, 11) is 0. The number of H-pyrrole nitrogens is 1. The Balaban J connectivity index is 1.86. The molecule has 2 N–H and O–H groups in total. The number of nitrogens with zero attached hydrogens (tertiary/aromatic N) is 3. The van der Waals surface area contributed by atoms with Crippen molar-refractivity contribution in [1.29, 1.82) is 0 Å². The van der Waals surface area contributed by atoms with Crippen molar-refractivity contribution in [2.45, 2.75) is 79.4 Å². The summed E-state index contributed by atoms with van der Waals surface area (Å²) in [5, 5.41) is 3.04. The standard InChI is InChI=1S/C25H35N5O3/c1-6-7-14-29-23-22(24(32)28-25(29)33)30(15-16(2)3)20(27-23)12-13-21(31)26-18(5)19-10-8-17(4)9-11-19/h8-11,16,18H,6-7,12-15H2,1-5H3,(H,26,31)(H,28,32,33). The average Bonchev–Trinajstić information content (AvgIpc) is 3.10. The predicted molar refractivity (Wildman–Crippen MR) is 130 cm³/mol. The van der Waals surface area contributed by atoms with Crippen LogP contribution in [0.3, 0.4) is 0 Å². The number of fused-ring (bicyclic) bond motifs is 1. The van der Waals surface area contributed by atoms with Gasteiger partial charge in [-0.05, 0) is 31.7 Å². The van der Waals surface area contributed by atoms with Crippen LogP contribution in [-0.4, -0.2) is 25.0 Å². The van der Waals surface area contributed by atoms with E-state index >= 15 is 0 Å². The predicted octanol–water partition coefficient (Wildman–Crippen LogP) is 3.46. The van der Waals surface area contributed by atoms with Crippen molar-refractivity contribution in [2.24, 2.45) is 5.92 Å². The van der Waals surface area contributed by atoms with Crippen molar-refractivity contribution in [1.82, 2.24) is 24.4 Å². The molecule has 1 unspecified atom stereocenters. The number of amides is 1. The van der Waals surface area contributed by atoms with Gasteiger partial charge in [-0.1, -0.05) is 57.0 Å². The minimum absolute atomic E-state index is 0.0801. The molecule has 0 aliphatic heterocycles. The topological polar surface area (TPSA) is 102 Å². The fourth-order valence-electron chi connectivity index (χ4n) is 3.97. The summed E-state index contributed by atoms with van der Waals surface area (Å²) in [6.45, 7) is 11.2. The molecule has 0 spiro atoms. The normalized spacial score (nSPS) is 12.4. The van der Waals surface area contributed by atoms with Crippen LogP contribution in [0.25, 0.3) is 11.2 Å². The molecule has 1 amide bonds. The van der Waals surface area contributed by atoms with E-state index in [-0.39, 0.29) is 24.3 Å². The van der Waals surface area contributed by atoms with Crippen LogP contribution in [0.15, 0.2) is 33.9 Å². The van der Waals surface area contributed by atoms with Crippen LogP contribution in [-0.2, 0) is 24.3 Å². The average molecular weight is 454 g/mol. The lowest BCUT2D eigenvalue weighted by molar-refractivity contribution is -0.121. The molecule has 178 valence electrons. The quantitative estimate of drug-likeness (QED) is 0.491. The number of aryl methyl sites for hydroxylation is 3. The number of nitrogens with one attached hydrogen (secondary N) is 2. The molecular weight excluding hydrogens is 418 g/mol. The molecule has 0 aliphatic carbocycles. The maximum absolute atomic E-state index is 12.7. The van der Waals surface area contributed by atoms with Gasteiger partial charge in [0.1, 0.15) is 5.82 Å². The van der Waals surface area contributed by atoms with Crippen LogP contribution in [0.4, 0.5) is 0 Å². The van der Waals surface area contributed by atoms with E-state index in [1.807, 2.05) is 49.6 Å². The fourth-order valence-corrected chi connectivity index (χ4v) is 3.97. The van der Waals surface area contributed by atoms with Crippen LogP contribution in [0.2, 0.25) is 0 Å². The number of unbranched alkanes of at least 4 members (excludes halogenated alkanes) is 1. The van der Waals surface area contributed by atoms with E-state index < -0.39 is 11.2 Å².